The molecule has 0 radical (unpaired) electrons. The lowest BCUT2D eigenvalue weighted by molar-refractivity contribution is -0.138. The van der Waals surface area contributed by atoms with E-state index in [0.717, 1.165) is 7.11 Å². The molecule has 2 saturated heterocycles. The van der Waals surface area contributed by atoms with E-state index in [2.05, 4.69) is 20.7 Å². The lowest BCUT2D eigenvalue weighted by atomic mass is 9.56. The maximum absolute atomic E-state index is 15.0. The van der Waals surface area contributed by atoms with Gasteiger partial charge in [-0.2, -0.15) is 4.90 Å². The highest BCUT2D eigenvalue weighted by Crippen LogP contribution is 2.66. The minimum absolute atomic E-state index is 0.101. The number of carbonyl (C=O) groups excluding carboxylic acids is 5. The third-order valence-corrected chi connectivity index (χ3v) is 10.8. The van der Waals surface area contributed by atoms with Crippen LogP contribution in [0, 0.1) is 46.8 Å². The van der Waals surface area contributed by atoms with Crippen molar-refractivity contribution < 1.29 is 55.8 Å². The Balaban J connectivity index is 1.61. The topological polar surface area (TPSA) is 121 Å². The van der Waals surface area contributed by atoms with Crippen molar-refractivity contribution in [1.29, 1.82) is 0 Å². The molecule has 1 saturated carbocycles. The number of aromatic hydroxyl groups is 1. The van der Waals surface area contributed by atoms with E-state index in [-0.39, 0.29) is 27.4 Å². The quantitative estimate of drug-likeness (QED) is 0.113. The summed E-state index contributed by atoms with van der Waals surface area (Å²) in [6.45, 7) is 0. The van der Waals surface area contributed by atoms with Crippen molar-refractivity contribution in [2.24, 2.45) is 17.8 Å². The molecule has 2 aromatic carbocycles. The Kier molecular flexibility index (Phi) is 7.14. The first-order chi connectivity index (χ1) is 21.0. The number of alkyl halides is 2. The van der Waals surface area contributed by atoms with Gasteiger partial charge in [-0.3, -0.25) is 19.2 Å². The molecule has 9 nitrogen and oxygen atoms in total. The van der Waals surface area contributed by atoms with Crippen LogP contribution in [0.1, 0.15) is 24.3 Å². The van der Waals surface area contributed by atoms with Crippen LogP contribution < -0.4 is 4.90 Å². The lowest BCUT2D eigenvalue weighted by Crippen LogP contribution is -2.60. The first-order valence-corrected chi connectivity index (χ1v) is 14.5. The number of imide groups is 4. The first kappa shape index (κ1) is 31.4. The van der Waals surface area contributed by atoms with Crippen LogP contribution in [0.3, 0.4) is 0 Å². The molecule has 236 valence electrons. The van der Waals surface area contributed by atoms with E-state index in [1.54, 1.807) is 0 Å². The average molecular weight is 738 g/mol. The second-order valence-corrected chi connectivity index (χ2v) is 13.0. The van der Waals surface area contributed by atoms with Gasteiger partial charge < -0.3 is 9.84 Å². The number of ether oxygens (including phenoxy) is 1. The second-order valence-electron chi connectivity index (χ2n) is 10.9. The molecule has 2 heterocycles. The summed E-state index contributed by atoms with van der Waals surface area (Å²) in [6.07, 6.45) is -0.816. The third kappa shape index (κ3) is 3.86. The summed E-state index contributed by atoms with van der Waals surface area (Å²) in [6, 6.07) is 3.87. The smallest absolute Gasteiger partial charge is 0.423 e. The molecule has 5 amide bonds. The first-order valence-electron chi connectivity index (χ1n) is 13.0. The Hall–Kier alpha value is -3.56. The molecule has 0 bridgehead atoms. The molecule has 6 unspecified atom stereocenters. The number of phenolic OH excluding ortho intramolecular Hbond substituents is 1. The number of allylic oxidation sites excluding steroid dienone is 2. The van der Waals surface area contributed by atoms with E-state index in [4.69, 9.17) is 23.2 Å². The number of halogens is 8. The highest BCUT2D eigenvalue weighted by Gasteiger charge is 2.77. The van der Waals surface area contributed by atoms with Crippen molar-refractivity contribution >= 4 is 74.5 Å². The molecule has 0 aromatic heterocycles. The number of fused-ring (bicyclic) bond motifs is 4. The van der Waals surface area contributed by atoms with Gasteiger partial charge in [-0.1, -0.05) is 27.6 Å². The summed E-state index contributed by atoms with van der Waals surface area (Å²) in [7, 11) is 0.938. The molecule has 1 N–H and O–H groups in total. The fourth-order valence-electron chi connectivity index (χ4n) is 6.94. The number of methoxy groups -OCH3 is 1. The van der Waals surface area contributed by atoms with E-state index in [9.17, 15) is 42.3 Å². The zero-order valence-electron chi connectivity index (χ0n) is 22.3. The number of likely N-dealkylation sites (tertiary alicyclic amines) is 1. The largest absolute Gasteiger partial charge is 0.508 e. The number of rotatable bonds is 2. The van der Waals surface area contributed by atoms with Crippen molar-refractivity contribution in [3.8, 4) is 5.75 Å². The molecule has 17 heteroatoms. The monoisotopic (exact) mass is 736 g/mol. The van der Waals surface area contributed by atoms with E-state index < -0.39 is 110 Å². The number of amides is 5. The SMILES string of the molecule is COC(=O)N1C(=O)C2CC=C3C(CC4(Cl)C(=O)N(c5c(F)c(F)c(F)c(F)c5F)C(=O)C4(Cl)C3c3cc(Br)ccc3O)C2C1=O. The van der Waals surface area contributed by atoms with Crippen LogP contribution in [0.5, 0.6) is 5.75 Å². The maximum atomic E-state index is 15.0. The zero-order valence-corrected chi connectivity index (χ0v) is 25.4. The Bertz CT molecular complexity index is 1800. The van der Waals surface area contributed by atoms with Crippen LogP contribution in [0.25, 0.3) is 0 Å². The van der Waals surface area contributed by atoms with Crippen molar-refractivity contribution in [3.05, 3.63) is 69.0 Å². The van der Waals surface area contributed by atoms with Crippen LogP contribution >= 0.6 is 39.1 Å². The number of anilines is 1. The molecular formula is C28H16BrCl2F5N2O7. The van der Waals surface area contributed by atoms with Gasteiger partial charge in [0.15, 0.2) is 33.0 Å². The van der Waals surface area contributed by atoms with Gasteiger partial charge in [0, 0.05) is 16.0 Å². The van der Waals surface area contributed by atoms with Crippen molar-refractivity contribution in [1.82, 2.24) is 4.90 Å². The highest BCUT2D eigenvalue weighted by atomic mass is 79.9. The molecule has 4 aliphatic rings. The predicted octanol–water partition coefficient (Wildman–Crippen LogP) is 5.18. The Morgan fingerprint density at radius 1 is 0.956 bits per heavy atom. The van der Waals surface area contributed by atoms with E-state index >= 15 is 8.78 Å². The summed E-state index contributed by atoms with van der Waals surface area (Å²) >= 11 is 17.1. The molecule has 6 rings (SSSR count). The van der Waals surface area contributed by atoms with Crippen LogP contribution in [0.2, 0.25) is 0 Å². The van der Waals surface area contributed by atoms with Gasteiger partial charge in [-0.25, -0.2) is 31.6 Å². The van der Waals surface area contributed by atoms with Gasteiger partial charge in [0.1, 0.15) is 11.4 Å². The van der Waals surface area contributed by atoms with E-state index in [1.165, 1.54) is 24.3 Å². The average Bonchev–Trinajstić information content (AvgIpc) is 3.34. The number of phenols is 1. The number of hydrogen-bond acceptors (Lipinski definition) is 7. The van der Waals surface area contributed by atoms with Gasteiger partial charge in [-0.15, -0.1) is 23.2 Å². The standard InChI is InChI=1S/C28H16BrCl2F5N2O7/c1-45-26(44)38-22(40)10-4-3-9-12(14(10)23(38)41)7-27(30)24(42)37(21-19(35)17(33)16(32)18(34)20(21)36)25(43)28(27,31)15(9)11-6-8(29)2-5-13(11)39/h2-3,5-6,10,12,14-15,39H,4,7H2,1H3. The molecule has 6 atom stereocenters. The number of carbonyl (C=O) groups is 5. The summed E-state index contributed by atoms with van der Waals surface area (Å²) in [5, 5.41) is 10.9. The van der Waals surface area contributed by atoms with Crippen molar-refractivity contribution in [2.75, 3.05) is 12.0 Å². The van der Waals surface area contributed by atoms with Crippen LogP contribution in [-0.2, 0) is 23.9 Å². The van der Waals surface area contributed by atoms with Gasteiger partial charge in [-0.05, 0) is 37.0 Å². The fraction of sp³-hybridized carbons (Fsp3) is 0.321. The maximum Gasteiger partial charge on any atom is 0.423 e. The predicted molar refractivity (Wildman–Crippen MR) is 146 cm³/mol. The Morgan fingerprint density at radius 2 is 1.56 bits per heavy atom. The normalized spacial score (nSPS) is 30.7. The molecule has 2 aromatic rings. The molecular weight excluding hydrogens is 722 g/mol. The molecule has 45 heavy (non-hydrogen) atoms. The van der Waals surface area contributed by atoms with Crippen molar-refractivity contribution in [3.63, 3.8) is 0 Å². The van der Waals surface area contributed by atoms with E-state index in [1.807, 2.05) is 0 Å². The second kappa shape index (κ2) is 10.2. The summed E-state index contributed by atoms with van der Waals surface area (Å²) in [4.78, 5) is 61.6. The van der Waals surface area contributed by atoms with Gasteiger partial charge in [0.2, 0.25) is 17.6 Å². The molecule has 0 spiro atoms. The van der Waals surface area contributed by atoms with Crippen LogP contribution in [0.15, 0.2) is 34.3 Å². The minimum atomic E-state index is -2.80. The highest BCUT2D eigenvalue weighted by molar-refractivity contribution is 9.10. The molecule has 3 fully saturated rings. The number of benzene rings is 2. The number of hydrogen-bond donors (Lipinski definition) is 1. The van der Waals surface area contributed by atoms with Gasteiger partial charge in [0.05, 0.1) is 18.9 Å². The zero-order chi connectivity index (χ0) is 33.1. The van der Waals surface area contributed by atoms with Crippen LogP contribution in [-0.4, -0.2) is 56.6 Å². The summed E-state index contributed by atoms with van der Waals surface area (Å²) in [5.74, 6) is -23.8. The summed E-state index contributed by atoms with van der Waals surface area (Å²) < 4.78 is 77.4. The molecule has 2 aliphatic carbocycles. The van der Waals surface area contributed by atoms with E-state index in [0.29, 0.717) is 4.47 Å². The lowest BCUT2D eigenvalue weighted by Gasteiger charge is -2.50. The Morgan fingerprint density at radius 3 is 2.16 bits per heavy atom. The molecule has 2 aliphatic heterocycles. The van der Waals surface area contributed by atoms with Crippen molar-refractivity contribution in [2.45, 2.75) is 28.5 Å². The van der Waals surface area contributed by atoms with Crippen LogP contribution in [0.4, 0.5) is 32.4 Å². The number of nitrogens with zero attached hydrogens (tertiary/aromatic N) is 2. The van der Waals surface area contributed by atoms with Gasteiger partial charge >= 0.3 is 6.09 Å². The minimum Gasteiger partial charge on any atom is -0.508 e. The third-order valence-electron chi connectivity index (χ3n) is 8.88. The van der Waals surface area contributed by atoms with Gasteiger partial charge in [0.25, 0.3) is 11.8 Å². The fourth-order valence-corrected chi connectivity index (χ4v) is 8.25. The summed E-state index contributed by atoms with van der Waals surface area (Å²) in [5.41, 5.74) is -1.99. The Labute approximate surface area is 267 Å².